The van der Waals surface area contributed by atoms with E-state index >= 15 is 0 Å². The van der Waals surface area contributed by atoms with Crippen molar-refractivity contribution in [3.8, 4) is 22.8 Å². The molecule has 124 valence electrons. The minimum Gasteiger partial charge on any atom is -0.384 e. The van der Waals surface area contributed by atoms with Gasteiger partial charge in [0.1, 0.15) is 5.60 Å². The highest BCUT2D eigenvalue weighted by molar-refractivity contribution is 5.62. The van der Waals surface area contributed by atoms with Gasteiger partial charge in [-0.3, -0.25) is 9.38 Å². The molecule has 0 fully saturated rings. The highest BCUT2D eigenvalue weighted by atomic mass is 16.3. The molecule has 0 spiro atoms. The van der Waals surface area contributed by atoms with Crippen LogP contribution in [0.3, 0.4) is 0 Å². The molecule has 4 rings (SSSR count). The Balaban J connectivity index is 1.80. The van der Waals surface area contributed by atoms with Crippen molar-refractivity contribution in [2.75, 3.05) is 0 Å². The standard InChI is InChI=1S/C18H16N6O/c1-18(2,25)15-6-9-24-14(11-21-17(24)23-15)13-5-8-20-16(22-13)12-4-3-7-19-10-12/h3-11,25H,1-2H3. The quantitative estimate of drug-likeness (QED) is 0.620. The average Bonchev–Trinajstić information content (AvgIpc) is 3.05. The van der Waals surface area contributed by atoms with Crippen molar-refractivity contribution in [3.05, 3.63) is 60.9 Å². The maximum atomic E-state index is 10.1. The molecule has 0 aliphatic rings. The first-order chi connectivity index (χ1) is 12.0. The summed E-state index contributed by atoms with van der Waals surface area (Å²) in [6, 6.07) is 7.37. The monoisotopic (exact) mass is 332 g/mol. The Labute approximate surface area is 144 Å². The van der Waals surface area contributed by atoms with Gasteiger partial charge in [-0.15, -0.1) is 0 Å². The van der Waals surface area contributed by atoms with Crippen LogP contribution >= 0.6 is 0 Å². The summed E-state index contributed by atoms with van der Waals surface area (Å²) in [5, 5.41) is 10.1. The Bertz CT molecular complexity index is 1040. The third-order valence-corrected chi connectivity index (χ3v) is 3.84. The predicted octanol–water partition coefficient (Wildman–Crippen LogP) is 2.48. The summed E-state index contributed by atoms with van der Waals surface area (Å²) in [5.41, 5.74) is 1.93. The fourth-order valence-electron chi connectivity index (χ4n) is 2.54. The molecule has 4 aromatic rings. The summed E-state index contributed by atoms with van der Waals surface area (Å²) in [7, 11) is 0. The molecule has 0 aromatic carbocycles. The summed E-state index contributed by atoms with van der Waals surface area (Å²) in [4.78, 5) is 21.8. The normalized spacial score (nSPS) is 11.8. The molecule has 0 amide bonds. The first-order valence-electron chi connectivity index (χ1n) is 7.83. The van der Waals surface area contributed by atoms with Gasteiger partial charge in [0.25, 0.3) is 0 Å². The molecule has 1 N–H and O–H groups in total. The minimum absolute atomic E-state index is 0.510. The van der Waals surface area contributed by atoms with Crippen molar-refractivity contribution in [3.63, 3.8) is 0 Å². The highest BCUT2D eigenvalue weighted by Gasteiger charge is 2.19. The zero-order valence-corrected chi connectivity index (χ0v) is 13.8. The molecule has 0 saturated carbocycles. The third-order valence-electron chi connectivity index (χ3n) is 3.84. The Morgan fingerprint density at radius 1 is 1.00 bits per heavy atom. The molecular formula is C18H16N6O. The zero-order chi connectivity index (χ0) is 17.4. The van der Waals surface area contributed by atoms with Crippen LogP contribution in [0.25, 0.3) is 28.6 Å². The van der Waals surface area contributed by atoms with E-state index in [2.05, 4.69) is 24.9 Å². The van der Waals surface area contributed by atoms with Crippen LogP contribution in [0.2, 0.25) is 0 Å². The van der Waals surface area contributed by atoms with Crippen LogP contribution in [-0.4, -0.2) is 34.4 Å². The molecule has 7 heteroatoms. The van der Waals surface area contributed by atoms with Crippen LogP contribution < -0.4 is 0 Å². The second-order valence-electron chi connectivity index (χ2n) is 6.19. The van der Waals surface area contributed by atoms with E-state index in [9.17, 15) is 5.11 Å². The van der Waals surface area contributed by atoms with Crippen LogP contribution in [0.1, 0.15) is 19.5 Å². The lowest BCUT2D eigenvalue weighted by atomic mass is 10.1. The van der Waals surface area contributed by atoms with E-state index in [-0.39, 0.29) is 0 Å². The summed E-state index contributed by atoms with van der Waals surface area (Å²) < 4.78 is 1.84. The fraction of sp³-hybridized carbons (Fsp3) is 0.167. The molecule has 0 unspecified atom stereocenters. The van der Waals surface area contributed by atoms with E-state index in [0.29, 0.717) is 17.3 Å². The summed E-state index contributed by atoms with van der Waals surface area (Å²) in [6.45, 7) is 3.39. The lowest BCUT2D eigenvalue weighted by molar-refractivity contribution is 0.0739. The molecule has 0 atom stereocenters. The summed E-state index contributed by atoms with van der Waals surface area (Å²) >= 11 is 0. The molecule has 0 aliphatic heterocycles. The van der Waals surface area contributed by atoms with Crippen LogP contribution in [-0.2, 0) is 5.60 Å². The van der Waals surface area contributed by atoms with Gasteiger partial charge in [-0.25, -0.2) is 19.9 Å². The van der Waals surface area contributed by atoms with E-state index in [1.807, 2.05) is 28.8 Å². The van der Waals surface area contributed by atoms with Gasteiger partial charge in [0.15, 0.2) is 5.82 Å². The van der Waals surface area contributed by atoms with Gasteiger partial charge in [-0.1, -0.05) is 0 Å². The average molecular weight is 332 g/mol. The van der Waals surface area contributed by atoms with Gasteiger partial charge in [0.2, 0.25) is 5.78 Å². The van der Waals surface area contributed by atoms with Crippen molar-refractivity contribution in [1.82, 2.24) is 29.3 Å². The van der Waals surface area contributed by atoms with Crippen LogP contribution in [0.5, 0.6) is 0 Å². The number of hydrogen-bond donors (Lipinski definition) is 1. The minimum atomic E-state index is -1.02. The molecule has 0 aliphatic carbocycles. The maximum Gasteiger partial charge on any atom is 0.234 e. The Kier molecular flexibility index (Phi) is 3.51. The molecule has 4 heterocycles. The largest absolute Gasteiger partial charge is 0.384 e. The Morgan fingerprint density at radius 3 is 2.64 bits per heavy atom. The fourth-order valence-corrected chi connectivity index (χ4v) is 2.54. The Morgan fingerprint density at radius 2 is 1.88 bits per heavy atom. The number of aromatic nitrogens is 6. The second kappa shape index (κ2) is 5.71. The zero-order valence-electron chi connectivity index (χ0n) is 13.8. The van der Waals surface area contributed by atoms with Crippen LogP contribution in [0.4, 0.5) is 0 Å². The topological polar surface area (TPSA) is 89.1 Å². The number of rotatable bonds is 3. The highest BCUT2D eigenvalue weighted by Crippen LogP contribution is 2.23. The van der Waals surface area contributed by atoms with Gasteiger partial charge in [-0.2, -0.15) is 0 Å². The SMILES string of the molecule is CC(C)(O)c1ccn2c(-c3ccnc(-c4cccnc4)n3)cnc2n1. The van der Waals surface area contributed by atoms with E-state index in [1.54, 1.807) is 44.7 Å². The van der Waals surface area contributed by atoms with Crippen molar-refractivity contribution >= 4 is 5.78 Å². The molecule has 0 saturated heterocycles. The van der Waals surface area contributed by atoms with Crippen molar-refractivity contribution in [2.45, 2.75) is 19.4 Å². The molecule has 0 bridgehead atoms. The van der Waals surface area contributed by atoms with E-state index in [0.717, 1.165) is 17.0 Å². The van der Waals surface area contributed by atoms with Gasteiger partial charge in [0, 0.05) is 30.4 Å². The first-order valence-corrected chi connectivity index (χ1v) is 7.83. The smallest absolute Gasteiger partial charge is 0.234 e. The third kappa shape index (κ3) is 2.85. The predicted molar refractivity (Wildman–Crippen MR) is 92.5 cm³/mol. The number of nitrogens with zero attached hydrogens (tertiary/aromatic N) is 6. The van der Waals surface area contributed by atoms with Crippen LogP contribution in [0, 0.1) is 0 Å². The molecular weight excluding hydrogens is 316 g/mol. The summed E-state index contributed by atoms with van der Waals surface area (Å²) in [5.74, 6) is 1.11. The lowest BCUT2D eigenvalue weighted by Gasteiger charge is -2.16. The van der Waals surface area contributed by atoms with Crippen molar-refractivity contribution in [2.24, 2.45) is 0 Å². The van der Waals surface area contributed by atoms with E-state index in [4.69, 9.17) is 0 Å². The maximum absolute atomic E-state index is 10.1. The molecule has 25 heavy (non-hydrogen) atoms. The first kappa shape index (κ1) is 15.3. The van der Waals surface area contributed by atoms with Gasteiger partial charge in [-0.05, 0) is 38.1 Å². The second-order valence-corrected chi connectivity index (χ2v) is 6.19. The number of imidazole rings is 1. The summed E-state index contributed by atoms with van der Waals surface area (Å²) in [6.07, 6.45) is 8.70. The Hall–Kier alpha value is -3.19. The van der Waals surface area contributed by atoms with Gasteiger partial charge in [0.05, 0.1) is 23.3 Å². The van der Waals surface area contributed by atoms with Crippen LogP contribution in [0.15, 0.2) is 55.2 Å². The molecule has 7 nitrogen and oxygen atoms in total. The molecule has 0 radical (unpaired) electrons. The number of aliphatic hydroxyl groups is 1. The molecule has 4 aromatic heterocycles. The van der Waals surface area contributed by atoms with Crippen molar-refractivity contribution in [1.29, 1.82) is 0 Å². The van der Waals surface area contributed by atoms with Crippen molar-refractivity contribution < 1.29 is 5.11 Å². The van der Waals surface area contributed by atoms with E-state index in [1.165, 1.54) is 0 Å². The van der Waals surface area contributed by atoms with Gasteiger partial charge < -0.3 is 5.11 Å². The lowest BCUT2D eigenvalue weighted by Crippen LogP contribution is -2.18. The number of fused-ring (bicyclic) bond motifs is 1. The van der Waals surface area contributed by atoms with E-state index < -0.39 is 5.60 Å². The van der Waals surface area contributed by atoms with Gasteiger partial charge >= 0.3 is 0 Å². The number of pyridine rings is 1. The number of hydrogen-bond acceptors (Lipinski definition) is 6.